The lowest BCUT2D eigenvalue weighted by molar-refractivity contribution is -0.125. The van der Waals surface area contributed by atoms with Crippen LogP contribution in [0.4, 0.5) is 0 Å². The van der Waals surface area contributed by atoms with E-state index < -0.39 is 0 Å². The molecule has 154 valence electrons. The number of hydrogen-bond donors (Lipinski definition) is 2. The predicted octanol–water partition coefficient (Wildman–Crippen LogP) is 2.41. The van der Waals surface area contributed by atoms with Gasteiger partial charge in [0.2, 0.25) is 5.91 Å². The summed E-state index contributed by atoms with van der Waals surface area (Å²) in [5.41, 5.74) is 7.56. The second-order valence-corrected chi connectivity index (χ2v) is 7.34. The molecule has 0 bridgehead atoms. The van der Waals surface area contributed by atoms with Gasteiger partial charge < -0.3 is 20.7 Å². The first-order valence-corrected chi connectivity index (χ1v) is 9.62. The lowest BCUT2D eigenvalue weighted by Crippen LogP contribution is -2.52. The fraction of sp³-hybridized carbons (Fsp3) is 0.650. The summed E-state index contributed by atoms with van der Waals surface area (Å²) in [7, 11) is 0. The van der Waals surface area contributed by atoms with E-state index in [9.17, 15) is 4.79 Å². The maximum Gasteiger partial charge on any atom is 0.237 e. The largest absolute Gasteiger partial charge is 0.381 e. The Morgan fingerprint density at radius 2 is 1.74 bits per heavy atom. The van der Waals surface area contributed by atoms with Crippen molar-refractivity contribution in [2.24, 2.45) is 11.7 Å². The van der Waals surface area contributed by atoms with Crippen LogP contribution in [0.25, 0.3) is 0 Å². The molecule has 27 heavy (non-hydrogen) atoms. The van der Waals surface area contributed by atoms with Crippen molar-refractivity contribution < 1.29 is 9.53 Å². The van der Waals surface area contributed by atoms with E-state index in [1.165, 1.54) is 5.56 Å². The maximum absolute atomic E-state index is 12.4. The zero-order valence-corrected chi connectivity index (χ0v) is 17.5. The van der Waals surface area contributed by atoms with Crippen molar-refractivity contribution in [2.75, 3.05) is 32.8 Å². The summed E-state index contributed by atoms with van der Waals surface area (Å²) in [6.45, 7) is 4.64. The van der Waals surface area contributed by atoms with Gasteiger partial charge in [0.15, 0.2) is 0 Å². The standard InChI is InChI=1S/C20H31N3O2.2ClH/c21-19(17-9-14-25-15-10-17)20(24)22-18-7-12-23(13-8-18)11-6-16-4-2-1-3-5-16;;/h1-5,17-19H,6-15,21H2,(H,22,24);2*1H. The minimum Gasteiger partial charge on any atom is -0.381 e. The number of amides is 1. The number of nitrogens with two attached hydrogens (primary N) is 1. The van der Waals surface area contributed by atoms with E-state index in [0.717, 1.165) is 65.0 Å². The van der Waals surface area contributed by atoms with Crippen LogP contribution in [-0.4, -0.2) is 55.7 Å². The Morgan fingerprint density at radius 3 is 2.37 bits per heavy atom. The van der Waals surface area contributed by atoms with Gasteiger partial charge in [-0.25, -0.2) is 0 Å². The van der Waals surface area contributed by atoms with E-state index >= 15 is 0 Å². The Hall–Kier alpha value is -0.850. The molecule has 3 N–H and O–H groups in total. The highest BCUT2D eigenvalue weighted by Crippen LogP contribution is 2.18. The normalized spacial score (nSPS) is 20.2. The first-order chi connectivity index (χ1) is 12.2. The van der Waals surface area contributed by atoms with E-state index in [-0.39, 0.29) is 48.7 Å². The average Bonchev–Trinajstić information content (AvgIpc) is 2.68. The molecule has 0 aromatic heterocycles. The molecular formula is C20H33Cl2N3O2. The van der Waals surface area contributed by atoms with Gasteiger partial charge in [-0.1, -0.05) is 30.3 Å². The van der Waals surface area contributed by atoms with Gasteiger partial charge in [0.05, 0.1) is 6.04 Å². The minimum atomic E-state index is -0.389. The van der Waals surface area contributed by atoms with Crippen LogP contribution < -0.4 is 11.1 Å². The fourth-order valence-corrected chi connectivity index (χ4v) is 3.82. The number of likely N-dealkylation sites (tertiary alicyclic amines) is 1. The average molecular weight is 418 g/mol. The second kappa shape index (κ2) is 12.6. The molecule has 3 rings (SSSR count). The van der Waals surface area contributed by atoms with Gasteiger partial charge in [-0.15, -0.1) is 24.8 Å². The zero-order valence-electron chi connectivity index (χ0n) is 15.8. The van der Waals surface area contributed by atoms with Gasteiger partial charge in [-0.05, 0) is 43.6 Å². The van der Waals surface area contributed by atoms with E-state index in [0.29, 0.717) is 0 Å². The quantitative estimate of drug-likeness (QED) is 0.745. The van der Waals surface area contributed by atoms with Gasteiger partial charge in [-0.3, -0.25) is 4.79 Å². The molecule has 2 aliphatic heterocycles. The van der Waals surface area contributed by atoms with Crippen LogP contribution in [-0.2, 0) is 16.0 Å². The lowest BCUT2D eigenvalue weighted by Gasteiger charge is -2.34. The van der Waals surface area contributed by atoms with Crippen LogP contribution in [0.2, 0.25) is 0 Å². The van der Waals surface area contributed by atoms with Crippen molar-refractivity contribution in [3.05, 3.63) is 35.9 Å². The highest BCUT2D eigenvalue weighted by atomic mass is 35.5. The highest BCUT2D eigenvalue weighted by molar-refractivity contribution is 5.85. The van der Waals surface area contributed by atoms with Crippen molar-refractivity contribution >= 4 is 30.7 Å². The van der Waals surface area contributed by atoms with Crippen molar-refractivity contribution in [2.45, 2.75) is 44.2 Å². The van der Waals surface area contributed by atoms with Crippen LogP contribution in [0.15, 0.2) is 30.3 Å². The predicted molar refractivity (Wildman–Crippen MR) is 114 cm³/mol. The summed E-state index contributed by atoms with van der Waals surface area (Å²) in [5.74, 6) is 0.286. The summed E-state index contributed by atoms with van der Waals surface area (Å²) in [4.78, 5) is 14.9. The number of rotatable bonds is 6. The van der Waals surface area contributed by atoms with Gasteiger partial charge in [0, 0.05) is 38.9 Å². The smallest absolute Gasteiger partial charge is 0.237 e. The number of halogens is 2. The van der Waals surface area contributed by atoms with Crippen molar-refractivity contribution in [1.29, 1.82) is 0 Å². The molecule has 1 aromatic carbocycles. The van der Waals surface area contributed by atoms with Gasteiger partial charge in [0.25, 0.3) is 0 Å². The first kappa shape index (κ1) is 24.2. The second-order valence-electron chi connectivity index (χ2n) is 7.34. The molecule has 2 aliphatic rings. The summed E-state index contributed by atoms with van der Waals surface area (Å²) in [6, 6.07) is 10.5. The Morgan fingerprint density at radius 1 is 1.11 bits per heavy atom. The molecule has 2 fully saturated rings. The lowest BCUT2D eigenvalue weighted by atomic mass is 9.91. The van der Waals surface area contributed by atoms with E-state index in [1.54, 1.807) is 0 Å². The third-order valence-electron chi connectivity index (χ3n) is 5.57. The molecule has 5 nitrogen and oxygen atoms in total. The van der Waals surface area contributed by atoms with E-state index in [4.69, 9.17) is 10.5 Å². The van der Waals surface area contributed by atoms with E-state index in [1.807, 2.05) is 0 Å². The number of ether oxygens (including phenoxy) is 1. The molecule has 0 aliphatic carbocycles. The van der Waals surface area contributed by atoms with Crippen LogP contribution in [0.5, 0.6) is 0 Å². The maximum atomic E-state index is 12.4. The zero-order chi connectivity index (χ0) is 17.5. The van der Waals surface area contributed by atoms with Crippen LogP contribution in [0, 0.1) is 5.92 Å². The van der Waals surface area contributed by atoms with Crippen LogP contribution >= 0.6 is 24.8 Å². The number of piperidine rings is 1. The molecule has 0 radical (unpaired) electrons. The Labute approximate surface area is 175 Å². The van der Waals surface area contributed by atoms with Crippen LogP contribution in [0.1, 0.15) is 31.2 Å². The molecule has 1 aromatic rings. The Kier molecular flexibility index (Phi) is 11.3. The highest BCUT2D eigenvalue weighted by Gasteiger charge is 2.29. The van der Waals surface area contributed by atoms with Crippen LogP contribution in [0.3, 0.4) is 0 Å². The topological polar surface area (TPSA) is 67.6 Å². The van der Waals surface area contributed by atoms with Gasteiger partial charge >= 0.3 is 0 Å². The molecule has 1 atom stereocenters. The number of nitrogens with one attached hydrogen (secondary N) is 1. The van der Waals surface area contributed by atoms with Crippen molar-refractivity contribution in [1.82, 2.24) is 10.2 Å². The summed E-state index contributed by atoms with van der Waals surface area (Å²) in [6.07, 6.45) is 4.91. The Balaban J connectivity index is 0.00000182. The molecule has 1 unspecified atom stereocenters. The molecule has 1 amide bonds. The molecule has 2 heterocycles. The molecule has 2 saturated heterocycles. The fourth-order valence-electron chi connectivity index (χ4n) is 3.82. The summed E-state index contributed by atoms with van der Waals surface area (Å²) in [5, 5.41) is 3.18. The Bertz CT molecular complexity index is 533. The summed E-state index contributed by atoms with van der Waals surface area (Å²) >= 11 is 0. The number of benzene rings is 1. The van der Waals surface area contributed by atoms with Gasteiger partial charge in [-0.2, -0.15) is 0 Å². The first-order valence-electron chi connectivity index (χ1n) is 9.62. The monoisotopic (exact) mass is 417 g/mol. The SMILES string of the molecule is Cl.Cl.NC(C(=O)NC1CCN(CCc2ccccc2)CC1)C1CCOCC1. The van der Waals surface area contributed by atoms with Crippen molar-refractivity contribution in [3.63, 3.8) is 0 Å². The molecular weight excluding hydrogens is 385 g/mol. The summed E-state index contributed by atoms with van der Waals surface area (Å²) < 4.78 is 5.35. The van der Waals surface area contributed by atoms with Crippen molar-refractivity contribution in [3.8, 4) is 0 Å². The minimum absolute atomic E-state index is 0. The molecule has 0 saturated carbocycles. The molecule has 0 spiro atoms. The number of carbonyl (C=O) groups is 1. The van der Waals surface area contributed by atoms with Gasteiger partial charge in [0.1, 0.15) is 0 Å². The number of hydrogen-bond acceptors (Lipinski definition) is 4. The third kappa shape index (κ3) is 7.59. The third-order valence-corrected chi connectivity index (χ3v) is 5.57. The molecule has 7 heteroatoms. The number of nitrogens with zero attached hydrogens (tertiary/aromatic N) is 1. The van der Waals surface area contributed by atoms with E-state index in [2.05, 4.69) is 40.5 Å². The number of carbonyl (C=O) groups excluding carboxylic acids is 1.